The van der Waals surface area contributed by atoms with Gasteiger partial charge in [0.25, 0.3) is 0 Å². The van der Waals surface area contributed by atoms with Crippen LogP contribution in [0.3, 0.4) is 0 Å². The van der Waals surface area contributed by atoms with E-state index in [1.54, 1.807) is 24.3 Å². The molecule has 0 N–H and O–H groups in total. The van der Waals surface area contributed by atoms with Crippen LogP contribution in [0.4, 0.5) is 4.39 Å². The van der Waals surface area contributed by atoms with Gasteiger partial charge in [0.05, 0.1) is 0 Å². The number of halogens is 1. The molecule has 0 saturated carbocycles. The third kappa shape index (κ3) is 3.14. The van der Waals surface area contributed by atoms with Crippen molar-refractivity contribution < 1.29 is 13.9 Å². The van der Waals surface area contributed by atoms with Crippen LogP contribution in [0.2, 0.25) is 0 Å². The van der Waals surface area contributed by atoms with E-state index >= 15 is 0 Å². The zero-order valence-electron chi connectivity index (χ0n) is 9.10. The van der Waals surface area contributed by atoms with E-state index in [-0.39, 0.29) is 5.82 Å². The van der Waals surface area contributed by atoms with Crippen molar-refractivity contribution in [3.63, 3.8) is 0 Å². The van der Waals surface area contributed by atoms with Crippen molar-refractivity contribution in [1.82, 2.24) is 0 Å². The summed E-state index contributed by atoms with van der Waals surface area (Å²) in [5.41, 5.74) is 0.889. The summed E-state index contributed by atoms with van der Waals surface area (Å²) in [6, 6.07) is 13.0. The Labute approximate surface area is 98.7 Å². The second-order valence-electron chi connectivity index (χ2n) is 3.57. The average Bonchev–Trinajstić information content (AvgIpc) is 2.33. The van der Waals surface area contributed by atoms with Gasteiger partial charge in [0.1, 0.15) is 23.6 Å². The number of hydrogen-bond donors (Lipinski definition) is 0. The lowest BCUT2D eigenvalue weighted by Crippen LogP contribution is -1.88. The van der Waals surface area contributed by atoms with Crippen LogP contribution in [0, 0.1) is 5.82 Å². The molecule has 2 nitrogen and oxygen atoms in total. The molecule has 0 aliphatic carbocycles. The maximum atomic E-state index is 12.7. The molecule has 0 atom stereocenters. The van der Waals surface area contributed by atoms with E-state index < -0.39 is 0 Å². The smallest absolute Gasteiger partial charge is 0.127 e. The summed E-state index contributed by atoms with van der Waals surface area (Å²) in [6.45, 7) is 0. The Morgan fingerprint density at radius 2 is 1.82 bits per heavy atom. The molecule has 17 heavy (non-hydrogen) atoms. The van der Waals surface area contributed by atoms with Gasteiger partial charge < -0.3 is 9.53 Å². The Kier molecular flexibility index (Phi) is 3.50. The fourth-order valence-electron chi connectivity index (χ4n) is 1.47. The SMILES string of the molecule is O=CCc1cccc(Oc2ccc(F)cc2)c1. The predicted octanol–water partition coefficient (Wildman–Crippen LogP) is 3.36. The summed E-state index contributed by atoms with van der Waals surface area (Å²) < 4.78 is 18.2. The zero-order valence-corrected chi connectivity index (χ0v) is 9.10. The van der Waals surface area contributed by atoms with Gasteiger partial charge in [0, 0.05) is 6.42 Å². The van der Waals surface area contributed by atoms with E-state index in [1.807, 2.05) is 12.1 Å². The molecule has 0 unspecified atom stereocenters. The van der Waals surface area contributed by atoms with Crippen LogP contribution in [0.5, 0.6) is 11.5 Å². The first-order chi connectivity index (χ1) is 8.28. The van der Waals surface area contributed by atoms with Gasteiger partial charge in [-0.25, -0.2) is 4.39 Å². The summed E-state index contributed by atoms with van der Waals surface area (Å²) in [5.74, 6) is 0.901. The summed E-state index contributed by atoms with van der Waals surface area (Å²) in [6.07, 6.45) is 1.21. The molecule has 0 aliphatic rings. The first kappa shape index (κ1) is 11.3. The Balaban J connectivity index is 2.15. The van der Waals surface area contributed by atoms with Crippen molar-refractivity contribution in [2.24, 2.45) is 0 Å². The summed E-state index contributed by atoms with van der Waals surface area (Å²) >= 11 is 0. The van der Waals surface area contributed by atoms with Gasteiger partial charge in [0.2, 0.25) is 0 Å². The highest BCUT2D eigenvalue weighted by Gasteiger charge is 1.99. The van der Waals surface area contributed by atoms with Crippen LogP contribution >= 0.6 is 0 Å². The monoisotopic (exact) mass is 230 g/mol. The standard InChI is InChI=1S/C14H11FO2/c15-12-4-6-13(7-5-12)17-14-3-1-2-11(10-14)8-9-16/h1-7,9-10H,8H2. The van der Waals surface area contributed by atoms with Crippen molar-refractivity contribution in [3.05, 3.63) is 59.9 Å². The number of carbonyl (C=O) groups is 1. The molecule has 0 bridgehead atoms. The minimum absolute atomic E-state index is 0.299. The molecular weight excluding hydrogens is 219 g/mol. The lowest BCUT2D eigenvalue weighted by Gasteiger charge is -2.06. The third-order valence-corrected chi connectivity index (χ3v) is 2.27. The molecular formula is C14H11FO2. The van der Waals surface area contributed by atoms with Crippen molar-refractivity contribution in [2.45, 2.75) is 6.42 Å². The minimum atomic E-state index is -0.299. The molecule has 0 aromatic heterocycles. The molecule has 2 rings (SSSR count). The van der Waals surface area contributed by atoms with Crippen LogP contribution in [-0.2, 0) is 11.2 Å². The Morgan fingerprint density at radius 1 is 1.06 bits per heavy atom. The maximum absolute atomic E-state index is 12.7. The van der Waals surface area contributed by atoms with Crippen LogP contribution in [-0.4, -0.2) is 6.29 Å². The minimum Gasteiger partial charge on any atom is -0.457 e. The fraction of sp³-hybridized carbons (Fsp3) is 0.0714. The van der Waals surface area contributed by atoms with Crippen molar-refractivity contribution in [2.75, 3.05) is 0 Å². The summed E-state index contributed by atoms with van der Waals surface area (Å²) in [4.78, 5) is 10.4. The maximum Gasteiger partial charge on any atom is 0.127 e. The van der Waals surface area contributed by atoms with Crippen molar-refractivity contribution >= 4 is 6.29 Å². The number of ether oxygens (including phenoxy) is 1. The Hall–Kier alpha value is -2.16. The highest BCUT2D eigenvalue weighted by atomic mass is 19.1. The highest BCUT2D eigenvalue weighted by molar-refractivity contribution is 5.55. The van der Waals surface area contributed by atoms with Crippen LogP contribution in [0.15, 0.2) is 48.5 Å². The van der Waals surface area contributed by atoms with Crippen LogP contribution in [0.1, 0.15) is 5.56 Å². The summed E-state index contributed by atoms with van der Waals surface area (Å²) in [7, 11) is 0. The molecule has 0 amide bonds. The van der Waals surface area contributed by atoms with E-state index in [9.17, 15) is 9.18 Å². The van der Waals surface area contributed by atoms with Gasteiger partial charge in [-0.15, -0.1) is 0 Å². The number of aldehydes is 1. The number of carbonyl (C=O) groups excluding carboxylic acids is 1. The van der Waals surface area contributed by atoms with E-state index in [2.05, 4.69) is 0 Å². The van der Waals surface area contributed by atoms with Gasteiger partial charge in [-0.2, -0.15) is 0 Å². The molecule has 2 aromatic rings. The normalized spacial score (nSPS) is 9.94. The molecule has 2 aromatic carbocycles. The van der Waals surface area contributed by atoms with Gasteiger partial charge in [-0.3, -0.25) is 0 Å². The topological polar surface area (TPSA) is 26.3 Å². The van der Waals surface area contributed by atoms with E-state index in [4.69, 9.17) is 4.74 Å². The molecule has 0 fully saturated rings. The van der Waals surface area contributed by atoms with Gasteiger partial charge >= 0.3 is 0 Å². The van der Waals surface area contributed by atoms with E-state index in [0.29, 0.717) is 17.9 Å². The number of benzene rings is 2. The number of hydrogen-bond acceptors (Lipinski definition) is 2. The highest BCUT2D eigenvalue weighted by Crippen LogP contribution is 2.22. The van der Waals surface area contributed by atoms with Crippen molar-refractivity contribution in [1.29, 1.82) is 0 Å². The zero-order chi connectivity index (χ0) is 12.1. The van der Waals surface area contributed by atoms with Crippen LogP contribution in [0.25, 0.3) is 0 Å². The quantitative estimate of drug-likeness (QED) is 0.753. The molecule has 3 heteroatoms. The van der Waals surface area contributed by atoms with Crippen molar-refractivity contribution in [3.8, 4) is 11.5 Å². The predicted molar refractivity (Wildman–Crippen MR) is 62.7 cm³/mol. The first-order valence-electron chi connectivity index (χ1n) is 5.24. The fourth-order valence-corrected chi connectivity index (χ4v) is 1.47. The molecule has 0 heterocycles. The number of rotatable bonds is 4. The second-order valence-corrected chi connectivity index (χ2v) is 3.57. The molecule has 0 saturated heterocycles. The van der Waals surface area contributed by atoms with E-state index in [0.717, 1.165) is 11.8 Å². The lowest BCUT2D eigenvalue weighted by atomic mass is 10.1. The molecule has 86 valence electrons. The van der Waals surface area contributed by atoms with Crippen LogP contribution < -0.4 is 4.74 Å². The van der Waals surface area contributed by atoms with Gasteiger partial charge in [0.15, 0.2) is 0 Å². The summed E-state index contributed by atoms with van der Waals surface area (Å²) in [5, 5.41) is 0. The molecule has 0 spiro atoms. The average molecular weight is 230 g/mol. The molecule has 0 aliphatic heterocycles. The lowest BCUT2D eigenvalue weighted by molar-refractivity contribution is -0.107. The van der Waals surface area contributed by atoms with Gasteiger partial charge in [-0.1, -0.05) is 12.1 Å². The Morgan fingerprint density at radius 3 is 2.53 bits per heavy atom. The van der Waals surface area contributed by atoms with E-state index in [1.165, 1.54) is 12.1 Å². The largest absolute Gasteiger partial charge is 0.457 e. The first-order valence-corrected chi connectivity index (χ1v) is 5.24. The van der Waals surface area contributed by atoms with Gasteiger partial charge in [-0.05, 0) is 42.0 Å². The third-order valence-electron chi connectivity index (χ3n) is 2.27. The second kappa shape index (κ2) is 5.25. The Bertz CT molecular complexity index is 506. The molecule has 0 radical (unpaired) electrons.